The second kappa shape index (κ2) is 7.86. The molecule has 5 rings (SSSR count). The Hall–Kier alpha value is -2.88. The molecule has 0 unspecified atom stereocenters. The van der Waals surface area contributed by atoms with Crippen molar-refractivity contribution in [3.05, 3.63) is 54.4 Å². The van der Waals surface area contributed by atoms with Crippen LogP contribution in [0.3, 0.4) is 0 Å². The number of pyridine rings is 1. The number of piperazine rings is 1. The van der Waals surface area contributed by atoms with E-state index in [9.17, 15) is 5.26 Å². The predicted molar refractivity (Wildman–Crippen MR) is 113 cm³/mol. The highest BCUT2D eigenvalue weighted by molar-refractivity contribution is 5.90. The van der Waals surface area contributed by atoms with Gasteiger partial charge in [-0.2, -0.15) is 10.4 Å². The van der Waals surface area contributed by atoms with Crippen molar-refractivity contribution in [3.63, 3.8) is 0 Å². The van der Waals surface area contributed by atoms with Gasteiger partial charge in [-0.25, -0.2) is 4.52 Å². The molecule has 0 N–H and O–H groups in total. The molecule has 0 atom stereocenters. The van der Waals surface area contributed by atoms with Crippen molar-refractivity contribution in [2.24, 2.45) is 0 Å². The zero-order valence-electron chi connectivity index (χ0n) is 16.5. The number of hydrogen-bond donors (Lipinski definition) is 0. The summed E-state index contributed by atoms with van der Waals surface area (Å²) in [6, 6.07) is 15.6. The molecule has 0 saturated carbocycles. The van der Waals surface area contributed by atoms with E-state index in [1.165, 1.54) is 5.69 Å². The van der Waals surface area contributed by atoms with Gasteiger partial charge in [0.1, 0.15) is 6.07 Å². The summed E-state index contributed by atoms with van der Waals surface area (Å²) in [7, 11) is 0. The quantitative estimate of drug-likeness (QED) is 0.691. The Bertz CT molecular complexity index is 1040. The van der Waals surface area contributed by atoms with Crippen molar-refractivity contribution < 1.29 is 4.74 Å². The molecule has 2 saturated heterocycles. The summed E-state index contributed by atoms with van der Waals surface area (Å²) in [6.07, 6.45) is 5.84. The van der Waals surface area contributed by atoms with Gasteiger partial charge in [-0.05, 0) is 25.0 Å². The summed E-state index contributed by atoms with van der Waals surface area (Å²) in [6.45, 7) is 5.98. The lowest BCUT2D eigenvalue weighted by Gasteiger charge is -2.42. The van der Waals surface area contributed by atoms with Crippen LogP contribution in [-0.4, -0.2) is 59.9 Å². The largest absolute Gasteiger partial charge is 0.381 e. The second-order valence-electron chi connectivity index (χ2n) is 7.77. The van der Waals surface area contributed by atoms with Gasteiger partial charge in [0.15, 0.2) is 0 Å². The third-order valence-electron chi connectivity index (χ3n) is 6.22. The monoisotopic (exact) mass is 387 g/mol. The maximum Gasteiger partial charge on any atom is 0.103 e. The first kappa shape index (κ1) is 18.2. The van der Waals surface area contributed by atoms with E-state index >= 15 is 0 Å². The molecule has 2 aromatic heterocycles. The highest BCUT2D eigenvalue weighted by Gasteiger charge is 2.26. The third-order valence-corrected chi connectivity index (χ3v) is 6.22. The van der Waals surface area contributed by atoms with E-state index in [0.717, 1.165) is 68.9 Å². The van der Waals surface area contributed by atoms with Gasteiger partial charge in [-0.3, -0.25) is 4.90 Å². The number of rotatable bonds is 3. The van der Waals surface area contributed by atoms with Crippen LogP contribution in [0.1, 0.15) is 18.4 Å². The lowest BCUT2D eigenvalue weighted by molar-refractivity contribution is 0.0321. The molecule has 4 heterocycles. The first-order valence-corrected chi connectivity index (χ1v) is 10.4. The molecule has 148 valence electrons. The maximum atomic E-state index is 9.54. The molecule has 0 bridgehead atoms. The van der Waals surface area contributed by atoms with Gasteiger partial charge in [0, 0.05) is 68.4 Å². The summed E-state index contributed by atoms with van der Waals surface area (Å²) < 4.78 is 7.33. The van der Waals surface area contributed by atoms with Gasteiger partial charge in [-0.1, -0.05) is 24.3 Å². The number of nitriles is 1. The van der Waals surface area contributed by atoms with E-state index in [4.69, 9.17) is 4.74 Å². The van der Waals surface area contributed by atoms with Crippen molar-refractivity contribution in [3.8, 4) is 17.2 Å². The SMILES string of the molecule is N#Cc1cnn2cccc(-c3ccccc3N3CCN(C4CCOCC4)CC3)c12. The third kappa shape index (κ3) is 3.37. The van der Waals surface area contributed by atoms with Crippen LogP contribution in [-0.2, 0) is 4.74 Å². The number of anilines is 1. The molecule has 0 spiro atoms. The minimum absolute atomic E-state index is 0.611. The van der Waals surface area contributed by atoms with Gasteiger partial charge in [0.05, 0.1) is 17.3 Å². The molecule has 2 aliphatic rings. The van der Waals surface area contributed by atoms with Crippen LogP contribution in [0, 0.1) is 11.3 Å². The summed E-state index contributed by atoms with van der Waals surface area (Å²) in [5, 5.41) is 13.9. The molecule has 29 heavy (non-hydrogen) atoms. The Morgan fingerprint density at radius 3 is 2.52 bits per heavy atom. The van der Waals surface area contributed by atoms with Crippen LogP contribution in [0.15, 0.2) is 48.8 Å². The number of aromatic nitrogens is 2. The normalized spacial score (nSPS) is 18.8. The van der Waals surface area contributed by atoms with Crippen LogP contribution in [0.2, 0.25) is 0 Å². The van der Waals surface area contributed by atoms with E-state index in [0.29, 0.717) is 11.6 Å². The summed E-state index contributed by atoms with van der Waals surface area (Å²) in [5.74, 6) is 0. The molecular formula is C23H25N5O. The van der Waals surface area contributed by atoms with Crippen LogP contribution in [0.25, 0.3) is 16.6 Å². The molecule has 3 aromatic rings. The van der Waals surface area contributed by atoms with Gasteiger partial charge < -0.3 is 9.64 Å². The molecule has 2 aliphatic heterocycles. The van der Waals surface area contributed by atoms with E-state index in [1.54, 1.807) is 10.7 Å². The molecule has 0 aliphatic carbocycles. The Morgan fingerprint density at radius 2 is 1.72 bits per heavy atom. The minimum atomic E-state index is 0.611. The van der Waals surface area contributed by atoms with Crippen molar-refractivity contribution >= 4 is 11.2 Å². The Balaban J connectivity index is 1.44. The van der Waals surface area contributed by atoms with Gasteiger partial charge in [0.25, 0.3) is 0 Å². The lowest BCUT2D eigenvalue weighted by atomic mass is 10.00. The highest BCUT2D eigenvalue weighted by Crippen LogP contribution is 2.35. The van der Waals surface area contributed by atoms with E-state index < -0.39 is 0 Å². The number of nitrogens with zero attached hydrogens (tertiary/aromatic N) is 5. The standard InChI is InChI=1S/C23H25N5O/c24-16-18-17-25-28-9-3-5-21(23(18)28)20-4-1-2-6-22(20)27-12-10-26(11-13-27)19-7-14-29-15-8-19/h1-6,9,17,19H,7-8,10-15H2. The average Bonchev–Trinajstić information content (AvgIpc) is 3.23. The van der Waals surface area contributed by atoms with Crippen molar-refractivity contribution in [1.29, 1.82) is 5.26 Å². The fourth-order valence-corrected chi connectivity index (χ4v) is 4.70. The van der Waals surface area contributed by atoms with E-state index in [-0.39, 0.29) is 0 Å². The van der Waals surface area contributed by atoms with Crippen LogP contribution in [0.4, 0.5) is 5.69 Å². The van der Waals surface area contributed by atoms with Gasteiger partial charge >= 0.3 is 0 Å². The number of ether oxygens (including phenoxy) is 1. The first-order valence-electron chi connectivity index (χ1n) is 10.4. The van der Waals surface area contributed by atoms with Crippen molar-refractivity contribution in [2.45, 2.75) is 18.9 Å². The van der Waals surface area contributed by atoms with Gasteiger partial charge in [-0.15, -0.1) is 0 Å². The number of hydrogen-bond acceptors (Lipinski definition) is 5. The van der Waals surface area contributed by atoms with Crippen LogP contribution >= 0.6 is 0 Å². The van der Waals surface area contributed by atoms with Crippen LogP contribution < -0.4 is 4.90 Å². The molecule has 6 nitrogen and oxygen atoms in total. The molecule has 6 heteroatoms. The van der Waals surface area contributed by atoms with Gasteiger partial charge in [0.2, 0.25) is 0 Å². The molecule has 0 amide bonds. The Kier molecular flexibility index (Phi) is 4.92. The number of para-hydroxylation sites is 1. The maximum absolute atomic E-state index is 9.54. The van der Waals surface area contributed by atoms with Crippen molar-refractivity contribution in [2.75, 3.05) is 44.3 Å². The average molecular weight is 387 g/mol. The smallest absolute Gasteiger partial charge is 0.103 e. The van der Waals surface area contributed by atoms with Crippen molar-refractivity contribution in [1.82, 2.24) is 14.5 Å². The summed E-state index contributed by atoms with van der Waals surface area (Å²) >= 11 is 0. The topological polar surface area (TPSA) is 56.8 Å². The van der Waals surface area contributed by atoms with E-state index in [1.807, 2.05) is 12.3 Å². The highest BCUT2D eigenvalue weighted by atomic mass is 16.5. The zero-order valence-corrected chi connectivity index (χ0v) is 16.5. The number of fused-ring (bicyclic) bond motifs is 1. The molecular weight excluding hydrogens is 362 g/mol. The van der Waals surface area contributed by atoms with Crippen LogP contribution in [0.5, 0.6) is 0 Å². The molecule has 1 aromatic carbocycles. The Labute approximate surface area is 170 Å². The summed E-state index contributed by atoms with van der Waals surface area (Å²) in [5.41, 5.74) is 4.94. The minimum Gasteiger partial charge on any atom is -0.381 e. The fourth-order valence-electron chi connectivity index (χ4n) is 4.70. The first-order chi connectivity index (χ1) is 14.3. The van der Waals surface area contributed by atoms with E-state index in [2.05, 4.69) is 51.3 Å². The number of benzene rings is 1. The fraction of sp³-hybridized carbons (Fsp3) is 0.391. The second-order valence-corrected chi connectivity index (χ2v) is 7.77. The summed E-state index contributed by atoms with van der Waals surface area (Å²) in [4.78, 5) is 5.12. The lowest BCUT2D eigenvalue weighted by Crippen LogP contribution is -2.51. The molecule has 0 radical (unpaired) electrons. The Morgan fingerprint density at radius 1 is 0.966 bits per heavy atom. The molecule has 2 fully saturated rings. The zero-order chi connectivity index (χ0) is 19.6. The predicted octanol–water partition coefficient (Wildman–Crippen LogP) is 3.17.